The summed E-state index contributed by atoms with van der Waals surface area (Å²) in [5.74, 6) is 0. The van der Waals surface area contributed by atoms with Gasteiger partial charge < -0.3 is 10.2 Å². The third kappa shape index (κ3) is 4.04. The lowest BCUT2D eigenvalue weighted by Crippen LogP contribution is -2.46. The van der Waals surface area contributed by atoms with Crippen molar-refractivity contribution >= 4 is 21.4 Å². The molecule has 5 nitrogen and oxygen atoms in total. The first-order valence-corrected chi connectivity index (χ1v) is 9.69. The van der Waals surface area contributed by atoms with Gasteiger partial charge in [0.1, 0.15) is 4.21 Å². The van der Waals surface area contributed by atoms with Gasteiger partial charge in [-0.2, -0.15) is 4.31 Å². The molecule has 0 bridgehead atoms. The molecule has 7 heteroatoms. The Morgan fingerprint density at radius 2 is 1.95 bits per heavy atom. The van der Waals surface area contributed by atoms with E-state index < -0.39 is 10.0 Å². The molecule has 0 amide bonds. The van der Waals surface area contributed by atoms with Crippen molar-refractivity contribution in [1.82, 2.24) is 14.5 Å². The van der Waals surface area contributed by atoms with Gasteiger partial charge in [-0.25, -0.2) is 8.42 Å². The molecule has 1 aliphatic heterocycles. The van der Waals surface area contributed by atoms with E-state index in [1.165, 1.54) is 11.3 Å². The molecule has 2 heterocycles. The first-order valence-electron chi connectivity index (χ1n) is 7.44. The summed E-state index contributed by atoms with van der Waals surface area (Å²) in [5.41, 5.74) is 1.07. The summed E-state index contributed by atoms with van der Waals surface area (Å²) in [5, 5.41) is 3.34. The highest BCUT2D eigenvalue weighted by molar-refractivity contribution is 7.91. The Labute approximate surface area is 132 Å². The van der Waals surface area contributed by atoms with Crippen LogP contribution in [-0.4, -0.2) is 57.4 Å². The standard InChI is InChI=1S/C14H25N3O2S2/c1-4-5-15-11-13-12(2)10-14(20-13)21(18,19)17-8-6-16(3)7-9-17/h10,15H,4-9,11H2,1-3H3. The third-order valence-electron chi connectivity index (χ3n) is 3.77. The summed E-state index contributed by atoms with van der Waals surface area (Å²) in [6.07, 6.45) is 1.08. The summed E-state index contributed by atoms with van der Waals surface area (Å²) in [6.45, 7) is 8.59. The Morgan fingerprint density at radius 3 is 2.57 bits per heavy atom. The Kier molecular flexibility index (Phi) is 5.79. The van der Waals surface area contributed by atoms with Crippen LogP contribution in [0.15, 0.2) is 10.3 Å². The molecule has 1 aromatic rings. The van der Waals surface area contributed by atoms with Crippen LogP contribution in [0.2, 0.25) is 0 Å². The minimum Gasteiger partial charge on any atom is -0.312 e. The number of hydrogen-bond donors (Lipinski definition) is 1. The van der Waals surface area contributed by atoms with E-state index in [1.54, 1.807) is 4.31 Å². The second-order valence-electron chi connectivity index (χ2n) is 5.56. The topological polar surface area (TPSA) is 52.7 Å². The van der Waals surface area contributed by atoms with E-state index in [1.807, 2.05) is 20.0 Å². The van der Waals surface area contributed by atoms with Crippen LogP contribution in [0.1, 0.15) is 23.8 Å². The van der Waals surface area contributed by atoms with Gasteiger partial charge in [-0.15, -0.1) is 11.3 Å². The molecule has 1 aromatic heterocycles. The van der Waals surface area contributed by atoms with Gasteiger partial charge in [0, 0.05) is 37.6 Å². The SMILES string of the molecule is CCCNCc1sc(S(=O)(=O)N2CCN(C)CC2)cc1C. The quantitative estimate of drug-likeness (QED) is 0.803. The van der Waals surface area contributed by atoms with E-state index in [-0.39, 0.29) is 0 Å². The van der Waals surface area contributed by atoms with Gasteiger partial charge in [-0.3, -0.25) is 0 Å². The minimum absolute atomic E-state index is 0.484. The van der Waals surface area contributed by atoms with Crippen LogP contribution in [0.25, 0.3) is 0 Å². The highest BCUT2D eigenvalue weighted by Gasteiger charge is 2.29. The summed E-state index contributed by atoms with van der Waals surface area (Å²) >= 11 is 1.41. The van der Waals surface area contributed by atoms with Crippen molar-refractivity contribution in [3.05, 3.63) is 16.5 Å². The summed E-state index contributed by atoms with van der Waals surface area (Å²) in [6, 6.07) is 1.82. The number of aryl methyl sites for hydroxylation is 1. The van der Waals surface area contributed by atoms with Crippen LogP contribution >= 0.6 is 11.3 Å². The fraction of sp³-hybridized carbons (Fsp3) is 0.714. The van der Waals surface area contributed by atoms with E-state index in [9.17, 15) is 8.42 Å². The Morgan fingerprint density at radius 1 is 1.29 bits per heavy atom. The Balaban J connectivity index is 2.11. The van der Waals surface area contributed by atoms with E-state index in [0.29, 0.717) is 17.3 Å². The number of hydrogen-bond acceptors (Lipinski definition) is 5. The second-order valence-corrected chi connectivity index (χ2v) is 8.86. The maximum Gasteiger partial charge on any atom is 0.252 e. The number of nitrogens with zero attached hydrogens (tertiary/aromatic N) is 2. The van der Waals surface area contributed by atoms with Crippen molar-refractivity contribution in [3.63, 3.8) is 0 Å². The van der Waals surface area contributed by atoms with Crippen molar-refractivity contribution in [2.24, 2.45) is 0 Å². The molecular weight excluding hydrogens is 306 g/mol. The molecule has 1 N–H and O–H groups in total. The van der Waals surface area contributed by atoms with Crippen LogP contribution in [-0.2, 0) is 16.6 Å². The van der Waals surface area contributed by atoms with Gasteiger partial charge in [-0.1, -0.05) is 6.92 Å². The molecule has 1 saturated heterocycles. The molecule has 1 aliphatic rings. The predicted octanol–water partition coefficient (Wildman–Crippen LogP) is 1.49. The fourth-order valence-corrected chi connectivity index (χ4v) is 5.46. The average molecular weight is 332 g/mol. The van der Waals surface area contributed by atoms with E-state index in [0.717, 1.165) is 43.0 Å². The summed E-state index contributed by atoms with van der Waals surface area (Å²) in [4.78, 5) is 3.28. The number of thiophene rings is 1. The summed E-state index contributed by atoms with van der Waals surface area (Å²) in [7, 11) is -1.30. The number of rotatable bonds is 6. The largest absolute Gasteiger partial charge is 0.312 e. The number of sulfonamides is 1. The molecule has 0 aromatic carbocycles. The Bertz CT molecular complexity index is 561. The second kappa shape index (κ2) is 7.19. The molecule has 0 saturated carbocycles. The molecule has 1 fully saturated rings. The monoisotopic (exact) mass is 331 g/mol. The number of nitrogens with one attached hydrogen (secondary N) is 1. The predicted molar refractivity (Wildman–Crippen MR) is 87.3 cm³/mol. The van der Waals surface area contributed by atoms with Crippen molar-refractivity contribution in [3.8, 4) is 0 Å². The van der Waals surface area contributed by atoms with Crippen molar-refractivity contribution in [1.29, 1.82) is 0 Å². The molecule has 0 spiro atoms. The highest BCUT2D eigenvalue weighted by Crippen LogP contribution is 2.28. The number of piperazine rings is 1. The first-order chi connectivity index (χ1) is 9.95. The molecule has 21 heavy (non-hydrogen) atoms. The lowest BCUT2D eigenvalue weighted by Gasteiger charge is -2.31. The van der Waals surface area contributed by atoms with E-state index in [2.05, 4.69) is 17.1 Å². The maximum atomic E-state index is 12.7. The van der Waals surface area contributed by atoms with Gasteiger partial charge >= 0.3 is 0 Å². The molecule has 2 rings (SSSR count). The van der Waals surface area contributed by atoms with Crippen LogP contribution in [0, 0.1) is 6.92 Å². The zero-order valence-corrected chi connectivity index (χ0v) is 14.7. The van der Waals surface area contributed by atoms with Gasteiger partial charge in [0.2, 0.25) is 0 Å². The maximum absolute atomic E-state index is 12.7. The smallest absolute Gasteiger partial charge is 0.252 e. The lowest BCUT2D eigenvalue weighted by atomic mass is 10.3. The molecular formula is C14H25N3O2S2. The highest BCUT2D eigenvalue weighted by atomic mass is 32.2. The van der Waals surface area contributed by atoms with Crippen molar-refractivity contribution in [2.75, 3.05) is 39.8 Å². The average Bonchev–Trinajstić information content (AvgIpc) is 2.82. The normalized spacial score (nSPS) is 18.2. The van der Waals surface area contributed by atoms with Crippen LogP contribution in [0.5, 0.6) is 0 Å². The molecule has 0 aliphatic carbocycles. The van der Waals surface area contributed by atoms with Crippen LogP contribution < -0.4 is 5.32 Å². The van der Waals surface area contributed by atoms with Gasteiger partial charge in [0.05, 0.1) is 0 Å². The number of likely N-dealkylation sites (N-methyl/N-ethyl adjacent to an activating group) is 1. The third-order valence-corrected chi connectivity index (χ3v) is 7.35. The zero-order chi connectivity index (χ0) is 15.5. The van der Waals surface area contributed by atoms with Gasteiger partial charge in [-0.05, 0) is 38.6 Å². The van der Waals surface area contributed by atoms with E-state index in [4.69, 9.17) is 0 Å². The van der Waals surface area contributed by atoms with Crippen LogP contribution in [0.4, 0.5) is 0 Å². The fourth-order valence-electron chi connectivity index (χ4n) is 2.33. The molecule has 120 valence electrons. The lowest BCUT2D eigenvalue weighted by molar-refractivity contribution is 0.222. The first kappa shape index (κ1) is 16.9. The van der Waals surface area contributed by atoms with Crippen molar-refractivity contribution in [2.45, 2.75) is 31.0 Å². The zero-order valence-electron chi connectivity index (χ0n) is 13.1. The van der Waals surface area contributed by atoms with Gasteiger partial charge in [0.25, 0.3) is 10.0 Å². The molecule has 0 atom stereocenters. The van der Waals surface area contributed by atoms with Crippen molar-refractivity contribution < 1.29 is 8.42 Å². The molecule has 0 radical (unpaired) electrons. The van der Waals surface area contributed by atoms with Gasteiger partial charge in [0.15, 0.2) is 0 Å². The van der Waals surface area contributed by atoms with Crippen LogP contribution in [0.3, 0.4) is 0 Å². The molecule has 0 unspecified atom stereocenters. The Hall–Kier alpha value is -0.470. The minimum atomic E-state index is -3.32. The summed E-state index contributed by atoms with van der Waals surface area (Å²) < 4.78 is 27.5. The van der Waals surface area contributed by atoms with E-state index >= 15 is 0 Å².